The molecule has 9 nitrogen and oxygen atoms in total. The molecule has 3 aromatic rings. The molecule has 0 saturated heterocycles. The summed E-state index contributed by atoms with van der Waals surface area (Å²) in [5, 5.41) is 18.6. The molecule has 0 atom stereocenters. The molecule has 0 unspecified atom stereocenters. The van der Waals surface area contributed by atoms with Gasteiger partial charge in [-0.2, -0.15) is 15.3 Å². The number of hydrogen-bond acceptors (Lipinski definition) is 7. The van der Waals surface area contributed by atoms with Crippen LogP contribution in [0.1, 0.15) is 16.7 Å². The zero-order valence-corrected chi connectivity index (χ0v) is 25.5. The van der Waals surface area contributed by atoms with Crippen LogP contribution < -0.4 is 25.1 Å². The number of nitrogens with zero attached hydrogens (tertiary/aromatic N) is 4. The highest BCUT2D eigenvalue weighted by Crippen LogP contribution is 2.33. The number of guanidine groups is 1. The summed E-state index contributed by atoms with van der Waals surface area (Å²) in [6.07, 6.45) is 4.26. The molecule has 0 fully saturated rings. The molecule has 0 aliphatic rings. The van der Waals surface area contributed by atoms with Gasteiger partial charge in [0.25, 0.3) is 5.96 Å². The number of methoxy groups -OCH3 is 3. The van der Waals surface area contributed by atoms with Gasteiger partial charge in [-0.3, -0.25) is 0 Å². The average Bonchev–Trinajstić information content (AvgIpc) is 2.88. The molecule has 0 heterocycles. The average molecular weight is 665 g/mol. The van der Waals surface area contributed by atoms with Gasteiger partial charge < -0.3 is 14.2 Å². The monoisotopic (exact) mass is 662 g/mol. The fourth-order valence-electron chi connectivity index (χ4n) is 3.22. The molecule has 0 radical (unpaired) electrons. The zero-order valence-electron chi connectivity index (χ0n) is 21.0. The molecular formula is C25H20Cl6N6O3. The number of ether oxygens (including phenoxy) is 3. The highest BCUT2D eigenvalue weighted by Gasteiger charge is 2.10. The molecule has 0 amide bonds. The lowest BCUT2D eigenvalue weighted by Gasteiger charge is -2.09. The second-order valence-electron chi connectivity index (χ2n) is 7.46. The van der Waals surface area contributed by atoms with E-state index in [0.29, 0.717) is 64.1 Å². The summed E-state index contributed by atoms with van der Waals surface area (Å²) in [6.45, 7) is 0. The Kier molecular flexibility index (Phi) is 12.0. The van der Waals surface area contributed by atoms with E-state index in [2.05, 4.69) is 31.3 Å². The summed E-state index contributed by atoms with van der Waals surface area (Å²) in [5.41, 5.74) is 6.92. The minimum Gasteiger partial charge on any atom is -0.495 e. The standard InChI is InChI=1S/C25H20Cl6N6O3/c1-38-22-13(4-16(26)7-19(22)29)10-32-35-25(36-33-11-14-5-17(27)8-20(30)23(14)39-2)37-34-12-15-6-18(28)9-21(31)24(15)40-3/h4-12H,1-3H3,(H2,35,36,37)/b32-10+,33-11+,34-12+. The van der Waals surface area contributed by atoms with Gasteiger partial charge in [-0.1, -0.05) is 69.6 Å². The molecule has 15 heteroatoms. The molecule has 210 valence electrons. The maximum Gasteiger partial charge on any atom is 0.257 e. The SMILES string of the molecule is COc1c(Cl)cc(Cl)cc1/C=N/N=C(N/N=C/c1cc(Cl)cc(Cl)c1OC)N/N=C/c1cc(Cl)cc(Cl)c1OC. The van der Waals surface area contributed by atoms with Gasteiger partial charge in [0.2, 0.25) is 0 Å². The van der Waals surface area contributed by atoms with Crippen molar-refractivity contribution in [2.75, 3.05) is 21.3 Å². The van der Waals surface area contributed by atoms with E-state index in [1.165, 1.54) is 40.0 Å². The van der Waals surface area contributed by atoms with E-state index in [1.54, 1.807) is 36.4 Å². The molecule has 0 aliphatic carbocycles. The van der Waals surface area contributed by atoms with Crippen LogP contribution in [0.25, 0.3) is 0 Å². The van der Waals surface area contributed by atoms with Crippen molar-refractivity contribution >= 4 is 94.2 Å². The lowest BCUT2D eigenvalue weighted by molar-refractivity contribution is 0.414. The summed E-state index contributed by atoms with van der Waals surface area (Å²) in [7, 11) is 4.43. The Morgan fingerprint density at radius 2 is 0.925 bits per heavy atom. The Morgan fingerprint density at radius 1 is 0.575 bits per heavy atom. The van der Waals surface area contributed by atoms with E-state index in [1.807, 2.05) is 0 Å². The molecule has 0 spiro atoms. The smallest absolute Gasteiger partial charge is 0.257 e. The van der Waals surface area contributed by atoms with Crippen molar-refractivity contribution < 1.29 is 14.2 Å². The molecule has 0 aromatic heterocycles. The molecule has 40 heavy (non-hydrogen) atoms. The number of rotatable bonds is 9. The lowest BCUT2D eigenvalue weighted by Crippen LogP contribution is -2.30. The maximum absolute atomic E-state index is 6.20. The number of hydrogen-bond donors (Lipinski definition) is 2. The van der Waals surface area contributed by atoms with Crippen molar-refractivity contribution in [3.63, 3.8) is 0 Å². The Balaban J connectivity index is 1.92. The highest BCUT2D eigenvalue weighted by atomic mass is 35.5. The Morgan fingerprint density at radius 3 is 1.27 bits per heavy atom. The quantitative estimate of drug-likeness (QED) is 0.140. The van der Waals surface area contributed by atoms with Crippen LogP contribution in [0.2, 0.25) is 30.1 Å². The van der Waals surface area contributed by atoms with Gasteiger partial charge in [-0.25, -0.2) is 10.9 Å². The van der Waals surface area contributed by atoms with Gasteiger partial charge in [-0.15, -0.1) is 5.10 Å². The first-order chi connectivity index (χ1) is 19.2. The van der Waals surface area contributed by atoms with Crippen LogP contribution in [0.3, 0.4) is 0 Å². The predicted molar refractivity (Wildman–Crippen MR) is 166 cm³/mol. The first-order valence-electron chi connectivity index (χ1n) is 10.9. The van der Waals surface area contributed by atoms with Crippen molar-refractivity contribution in [1.82, 2.24) is 10.9 Å². The van der Waals surface area contributed by atoms with Gasteiger partial charge in [0.05, 0.1) is 55.0 Å². The van der Waals surface area contributed by atoms with Crippen LogP contribution in [0.4, 0.5) is 0 Å². The summed E-state index contributed by atoms with van der Waals surface area (Å²) < 4.78 is 16.0. The third-order valence-corrected chi connectivity index (χ3v) is 6.32. The summed E-state index contributed by atoms with van der Waals surface area (Å²) >= 11 is 36.9. The molecule has 3 rings (SSSR count). The minimum absolute atomic E-state index is 0.00928. The first kappa shape index (κ1) is 31.6. The fourth-order valence-corrected chi connectivity index (χ4v) is 4.98. The molecule has 0 bridgehead atoms. The van der Waals surface area contributed by atoms with E-state index < -0.39 is 0 Å². The summed E-state index contributed by atoms with van der Waals surface area (Å²) in [6, 6.07) is 9.53. The molecule has 0 saturated carbocycles. The van der Waals surface area contributed by atoms with E-state index in [0.717, 1.165) is 0 Å². The topological polar surface area (TPSA) is 101 Å². The molecule has 0 aliphatic heterocycles. The van der Waals surface area contributed by atoms with E-state index in [4.69, 9.17) is 83.8 Å². The van der Waals surface area contributed by atoms with Crippen LogP contribution in [0, 0.1) is 0 Å². The normalized spacial score (nSPS) is 11.3. The third-order valence-electron chi connectivity index (χ3n) is 4.83. The van der Waals surface area contributed by atoms with Crippen LogP contribution >= 0.6 is 69.6 Å². The summed E-state index contributed by atoms with van der Waals surface area (Å²) in [5.74, 6) is 1.15. The highest BCUT2D eigenvalue weighted by molar-refractivity contribution is 6.37. The van der Waals surface area contributed by atoms with E-state index in [9.17, 15) is 0 Å². The maximum atomic E-state index is 6.20. The van der Waals surface area contributed by atoms with Gasteiger partial charge in [0, 0.05) is 31.8 Å². The molecule has 3 aromatic carbocycles. The molecule has 2 N–H and O–H groups in total. The Labute approximate surface area is 260 Å². The van der Waals surface area contributed by atoms with Crippen molar-refractivity contribution in [2.45, 2.75) is 0 Å². The number of nitrogens with one attached hydrogen (secondary N) is 2. The van der Waals surface area contributed by atoms with E-state index in [-0.39, 0.29) is 5.96 Å². The van der Waals surface area contributed by atoms with Crippen LogP contribution in [-0.4, -0.2) is 45.9 Å². The minimum atomic E-state index is 0.00928. The fraction of sp³-hybridized carbons (Fsp3) is 0.120. The van der Waals surface area contributed by atoms with Crippen LogP contribution in [-0.2, 0) is 0 Å². The lowest BCUT2D eigenvalue weighted by atomic mass is 10.2. The van der Waals surface area contributed by atoms with Crippen molar-refractivity contribution in [3.05, 3.63) is 83.2 Å². The van der Waals surface area contributed by atoms with Crippen molar-refractivity contribution in [2.24, 2.45) is 20.4 Å². The van der Waals surface area contributed by atoms with Crippen LogP contribution in [0.5, 0.6) is 17.2 Å². The Bertz CT molecular complexity index is 1420. The predicted octanol–water partition coefficient (Wildman–Crippen LogP) is 7.57. The van der Waals surface area contributed by atoms with Gasteiger partial charge in [-0.05, 0) is 36.4 Å². The summed E-state index contributed by atoms with van der Waals surface area (Å²) in [4.78, 5) is 0. The third kappa shape index (κ3) is 8.54. The van der Waals surface area contributed by atoms with E-state index >= 15 is 0 Å². The first-order valence-corrected chi connectivity index (χ1v) is 13.2. The largest absolute Gasteiger partial charge is 0.495 e. The van der Waals surface area contributed by atoms with Gasteiger partial charge in [0.15, 0.2) is 0 Å². The number of halogens is 6. The second kappa shape index (κ2) is 15.2. The zero-order chi connectivity index (χ0) is 29.2. The molecular weight excluding hydrogens is 645 g/mol. The van der Waals surface area contributed by atoms with Gasteiger partial charge >= 0.3 is 0 Å². The van der Waals surface area contributed by atoms with Crippen molar-refractivity contribution in [3.8, 4) is 17.2 Å². The van der Waals surface area contributed by atoms with Crippen molar-refractivity contribution in [1.29, 1.82) is 0 Å². The van der Waals surface area contributed by atoms with Gasteiger partial charge in [0.1, 0.15) is 17.2 Å². The Hall–Kier alpha value is -2.92. The number of hydrazone groups is 2. The number of benzene rings is 3. The van der Waals surface area contributed by atoms with Crippen LogP contribution in [0.15, 0.2) is 56.8 Å². The second-order valence-corrected chi connectivity index (χ2v) is 9.99.